The van der Waals surface area contributed by atoms with Gasteiger partial charge in [-0.25, -0.2) is 12.8 Å². The maximum Gasteiger partial charge on any atom is 0.257 e. The normalized spacial score (nSPS) is 15.4. The van der Waals surface area contributed by atoms with Crippen molar-refractivity contribution in [2.45, 2.75) is 4.90 Å². The van der Waals surface area contributed by atoms with Crippen LogP contribution < -0.4 is 14.8 Å². The van der Waals surface area contributed by atoms with Gasteiger partial charge in [-0.2, -0.15) is 4.31 Å². The summed E-state index contributed by atoms with van der Waals surface area (Å²) in [5.41, 5.74) is 0. The fraction of sp³-hybridized carbons (Fsp3) is 0.381. The number of carbonyl (C=O) groups is 1. The second-order valence-corrected chi connectivity index (χ2v) is 8.93. The molecule has 2 aromatic carbocycles. The van der Waals surface area contributed by atoms with Crippen LogP contribution in [0.15, 0.2) is 53.4 Å². The van der Waals surface area contributed by atoms with Crippen molar-refractivity contribution in [1.82, 2.24) is 14.5 Å². The lowest BCUT2D eigenvalue weighted by Gasteiger charge is -2.33. The highest BCUT2D eigenvalue weighted by Crippen LogP contribution is 2.25. The third-order valence-electron chi connectivity index (χ3n) is 4.96. The van der Waals surface area contributed by atoms with Gasteiger partial charge in [0.1, 0.15) is 5.82 Å². The summed E-state index contributed by atoms with van der Waals surface area (Å²) >= 11 is 0. The number of methoxy groups -OCH3 is 1. The van der Waals surface area contributed by atoms with Gasteiger partial charge in [-0.05, 0) is 36.4 Å². The highest BCUT2D eigenvalue weighted by Gasteiger charge is 2.28. The molecule has 0 unspecified atom stereocenters. The van der Waals surface area contributed by atoms with Crippen LogP contribution in [0.4, 0.5) is 4.39 Å². The van der Waals surface area contributed by atoms with E-state index in [-0.39, 0.29) is 17.4 Å². The second kappa shape index (κ2) is 10.6. The topological polar surface area (TPSA) is 88.2 Å². The molecule has 10 heteroatoms. The predicted molar refractivity (Wildman–Crippen MR) is 113 cm³/mol. The molecule has 0 atom stereocenters. The lowest BCUT2D eigenvalue weighted by atomic mass is 10.3. The predicted octanol–water partition coefficient (Wildman–Crippen LogP) is 1.34. The molecule has 31 heavy (non-hydrogen) atoms. The summed E-state index contributed by atoms with van der Waals surface area (Å²) in [6, 6.07) is 11.9. The van der Waals surface area contributed by atoms with Crippen molar-refractivity contribution in [1.29, 1.82) is 0 Å². The highest BCUT2D eigenvalue weighted by molar-refractivity contribution is 7.89. The monoisotopic (exact) mass is 451 g/mol. The molecule has 1 saturated heterocycles. The maximum absolute atomic E-state index is 13.1. The molecule has 0 saturated carbocycles. The zero-order valence-electron chi connectivity index (χ0n) is 17.3. The summed E-state index contributed by atoms with van der Waals surface area (Å²) in [6.07, 6.45) is 0. The summed E-state index contributed by atoms with van der Waals surface area (Å²) in [5.74, 6) is 0.338. The number of hydrogen-bond donors (Lipinski definition) is 1. The number of nitrogens with one attached hydrogen (secondary N) is 1. The number of hydrogen-bond acceptors (Lipinski definition) is 6. The molecule has 168 valence electrons. The van der Waals surface area contributed by atoms with E-state index in [9.17, 15) is 17.6 Å². The molecule has 0 aliphatic carbocycles. The van der Waals surface area contributed by atoms with Crippen LogP contribution in [0.5, 0.6) is 11.5 Å². The van der Waals surface area contributed by atoms with Crippen molar-refractivity contribution >= 4 is 15.9 Å². The Balaban J connectivity index is 1.38. The van der Waals surface area contributed by atoms with Crippen molar-refractivity contribution in [2.75, 3.05) is 53.0 Å². The van der Waals surface area contributed by atoms with Crippen molar-refractivity contribution < 1.29 is 27.1 Å². The molecule has 1 aliphatic rings. The van der Waals surface area contributed by atoms with E-state index in [0.717, 1.165) is 12.1 Å². The number of piperazine rings is 1. The van der Waals surface area contributed by atoms with E-state index in [1.54, 1.807) is 18.2 Å². The molecule has 3 rings (SSSR count). The Morgan fingerprint density at radius 3 is 2.32 bits per heavy atom. The van der Waals surface area contributed by atoms with E-state index in [2.05, 4.69) is 10.2 Å². The van der Waals surface area contributed by atoms with Gasteiger partial charge >= 0.3 is 0 Å². The van der Waals surface area contributed by atoms with Crippen molar-refractivity contribution in [3.8, 4) is 11.5 Å². The van der Waals surface area contributed by atoms with E-state index in [0.29, 0.717) is 50.8 Å². The molecule has 1 heterocycles. The first-order valence-corrected chi connectivity index (χ1v) is 11.3. The van der Waals surface area contributed by atoms with Crippen LogP contribution in [-0.2, 0) is 14.8 Å². The first-order valence-electron chi connectivity index (χ1n) is 9.91. The van der Waals surface area contributed by atoms with Crippen molar-refractivity contribution in [2.24, 2.45) is 0 Å². The number of ether oxygens (including phenoxy) is 2. The van der Waals surface area contributed by atoms with Crippen LogP contribution in [0.3, 0.4) is 0 Å². The molecule has 1 N–H and O–H groups in total. The van der Waals surface area contributed by atoms with Gasteiger partial charge in [0.05, 0.1) is 12.0 Å². The minimum absolute atomic E-state index is 0.0876. The molecule has 1 amide bonds. The number of amides is 1. The molecular weight excluding hydrogens is 425 g/mol. The summed E-state index contributed by atoms with van der Waals surface area (Å²) in [6.45, 7) is 2.69. The Kier molecular flexibility index (Phi) is 7.83. The number of halogens is 1. The molecule has 1 aliphatic heterocycles. The fourth-order valence-electron chi connectivity index (χ4n) is 3.23. The number of benzene rings is 2. The van der Waals surface area contributed by atoms with Crippen LogP contribution >= 0.6 is 0 Å². The molecule has 1 fully saturated rings. The molecule has 8 nitrogen and oxygen atoms in total. The van der Waals surface area contributed by atoms with Crippen LogP contribution in [-0.4, -0.2) is 76.5 Å². The number of sulfonamides is 1. The zero-order valence-corrected chi connectivity index (χ0v) is 18.1. The number of para-hydroxylation sites is 2. The Morgan fingerprint density at radius 1 is 1.03 bits per heavy atom. The number of nitrogens with zero attached hydrogens (tertiary/aromatic N) is 2. The SMILES string of the molecule is COc1ccccc1OCC(=O)NCCN1CCN(S(=O)(=O)c2ccc(F)cc2)CC1. The number of carbonyl (C=O) groups excluding carboxylic acids is 1. The molecule has 0 bridgehead atoms. The van der Waals surface area contributed by atoms with Crippen LogP contribution in [0.2, 0.25) is 0 Å². The van der Waals surface area contributed by atoms with Gasteiger partial charge in [0, 0.05) is 39.3 Å². The minimum atomic E-state index is -3.63. The number of rotatable bonds is 9. The largest absolute Gasteiger partial charge is 0.493 e. The van der Waals surface area contributed by atoms with Crippen molar-refractivity contribution in [3.05, 3.63) is 54.3 Å². The molecule has 2 aromatic rings. The van der Waals surface area contributed by atoms with E-state index < -0.39 is 15.8 Å². The summed E-state index contributed by atoms with van der Waals surface area (Å²) < 4.78 is 50.4. The summed E-state index contributed by atoms with van der Waals surface area (Å²) in [7, 11) is -2.10. The third kappa shape index (κ3) is 6.16. The molecular formula is C21H26FN3O5S. The summed E-state index contributed by atoms with van der Waals surface area (Å²) in [4.78, 5) is 14.2. The molecule has 0 aromatic heterocycles. The van der Waals surface area contributed by atoms with Gasteiger partial charge in [-0.1, -0.05) is 12.1 Å². The van der Waals surface area contributed by atoms with Gasteiger partial charge in [-0.15, -0.1) is 0 Å². The lowest BCUT2D eigenvalue weighted by Crippen LogP contribution is -2.50. The summed E-state index contributed by atoms with van der Waals surface area (Å²) in [5, 5.41) is 2.80. The zero-order chi connectivity index (χ0) is 22.3. The molecule has 0 spiro atoms. The van der Waals surface area contributed by atoms with Crippen LogP contribution in [0.25, 0.3) is 0 Å². The van der Waals surface area contributed by atoms with Crippen molar-refractivity contribution in [3.63, 3.8) is 0 Å². The first kappa shape index (κ1) is 23.0. The van der Waals surface area contributed by atoms with E-state index in [1.807, 2.05) is 6.07 Å². The Morgan fingerprint density at radius 2 is 1.68 bits per heavy atom. The lowest BCUT2D eigenvalue weighted by molar-refractivity contribution is -0.123. The van der Waals surface area contributed by atoms with Gasteiger partial charge in [0.2, 0.25) is 10.0 Å². The third-order valence-corrected chi connectivity index (χ3v) is 6.87. The van der Waals surface area contributed by atoms with Gasteiger partial charge in [0.25, 0.3) is 5.91 Å². The van der Waals surface area contributed by atoms with Crippen LogP contribution in [0.1, 0.15) is 0 Å². The quantitative estimate of drug-likeness (QED) is 0.619. The average molecular weight is 452 g/mol. The second-order valence-electron chi connectivity index (χ2n) is 6.99. The Labute approximate surface area is 181 Å². The van der Waals surface area contributed by atoms with Gasteiger partial charge < -0.3 is 14.8 Å². The minimum Gasteiger partial charge on any atom is -0.493 e. The van der Waals surface area contributed by atoms with Crippen LogP contribution in [0, 0.1) is 5.82 Å². The Bertz CT molecular complexity index is 977. The maximum atomic E-state index is 13.1. The van der Waals surface area contributed by atoms with E-state index in [4.69, 9.17) is 9.47 Å². The highest BCUT2D eigenvalue weighted by atomic mass is 32.2. The Hall–Kier alpha value is -2.69. The van der Waals surface area contributed by atoms with Gasteiger partial charge in [-0.3, -0.25) is 9.69 Å². The first-order chi connectivity index (χ1) is 14.9. The smallest absolute Gasteiger partial charge is 0.257 e. The fourth-order valence-corrected chi connectivity index (χ4v) is 4.66. The molecule has 0 radical (unpaired) electrons. The van der Waals surface area contributed by atoms with E-state index in [1.165, 1.54) is 23.5 Å². The van der Waals surface area contributed by atoms with Gasteiger partial charge in [0.15, 0.2) is 18.1 Å². The standard InChI is InChI=1S/C21H26FN3O5S/c1-29-19-4-2-3-5-20(19)30-16-21(26)23-10-11-24-12-14-25(15-13-24)31(27,28)18-8-6-17(22)7-9-18/h2-9H,10-16H2,1H3,(H,23,26). The van der Waals surface area contributed by atoms with E-state index >= 15 is 0 Å². The average Bonchev–Trinajstić information content (AvgIpc) is 2.78.